The number of imide groups is 1. The Bertz CT molecular complexity index is 570. The van der Waals surface area contributed by atoms with E-state index in [1.807, 2.05) is 25.1 Å². The molecular weight excluding hydrogens is 330 g/mol. The molecule has 0 bridgehead atoms. The lowest BCUT2D eigenvalue weighted by molar-refractivity contribution is -0.134. The van der Waals surface area contributed by atoms with Crippen molar-refractivity contribution in [3.8, 4) is 0 Å². The van der Waals surface area contributed by atoms with Gasteiger partial charge in [-0.05, 0) is 42.9 Å². The predicted molar refractivity (Wildman–Crippen MR) is 86.1 cm³/mol. The second kappa shape index (κ2) is 5.56. The highest BCUT2D eigenvalue weighted by Gasteiger charge is 2.44. The van der Waals surface area contributed by atoms with Crippen molar-refractivity contribution in [1.82, 2.24) is 0 Å². The summed E-state index contributed by atoms with van der Waals surface area (Å²) >= 11 is 3.47. The van der Waals surface area contributed by atoms with Crippen LogP contribution in [-0.2, 0) is 9.59 Å². The Morgan fingerprint density at radius 1 is 1.05 bits per heavy atom. The number of rotatable bonds is 1. The van der Waals surface area contributed by atoms with E-state index in [2.05, 4.69) is 15.9 Å². The Balaban J connectivity index is 1.90. The van der Waals surface area contributed by atoms with E-state index in [9.17, 15) is 9.59 Å². The normalized spacial score (nSPS) is 21.9. The summed E-state index contributed by atoms with van der Waals surface area (Å²) in [5, 5.41) is 0. The van der Waals surface area contributed by atoms with Crippen LogP contribution in [0.3, 0.4) is 0 Å². The molecule has 1 aromatic carbocycles. The van der Waals surface area contributed by atoms with Crippen LogP contribution in [0.15, 0.2) is 22.7 Å². The van der Waals surface area contributed by atoms with Gasteiger partial charge in [0, 0.05) is 17.3 Å². The maximum atomic E-state index is 12.6. The Labute approximate surface area is 133 Å². The summed E-state index contributed by atoms with van der Waals surface area (Å²) in [6, 6.07) is 5.66. The average Bonchev–Trinajstić information content (AvgIpc) is 2.43. The van der Waals surface area contributed by atoms with Crippen molar-refractivity contribution >= 4 is 33.4 Å². The molecule has 0 radical (unpaired) electrons. The van der Waals surface area contributed by atoms with E-state index in [0.717, 1.165) is 41.4 Å². The molecule has 0 unspecified atom stereocenters. The molecule has 1 aromatic rings. The fraction of sp³-hybridized carbons (Fsp3) is 0.529. The minimum atomic E-state index is -0.0527. The molecule has 3 nitrogen and oxygen atoms in total. The first-order valence-corrected chi connectivity index (χ1v) is 8.43. The molecule has 4 heteroatoms. The van der Waals surface area contributed by atoms with Gasteiger partial charge >= 0.3 is 0 Å². The number of halogens is 1. The zero-order chi connectivity index (χ0) is 15.0. The molecule has 2 fully saturated rings. The highest BCUT2D eigenvalue weighted by molar-refractivity contribution is 9.10. The van der Waals surface area contributed by atoms with Gasteiger partial charge in [-0.3, -0.25) is 14.5 Å². The zero-order valence-corrected chi connectivity index (χ0v) is 13.9. The second-order valence-corrected chi connectivity index (χ2v) is 7.28. The van der Waals surface area contributed by atoms with Crippen LogP contribution in [0.5, 0.6) is 0 Å². The van der Waals surface area contributed by atoms with Crippen molar-refractivity contribution < 1.29 is 9.59 Å². The van der Waals surface area contributed by atoms with Gasteiger partial charge in [0.15, 0.2) is 0 Å². The Morgan fingerprint density at radius 3 is 2.29 bits per heavy atom. The van der Waals surface area contributed by atoms with Gasteiger partial charge in [-0.15, -0.1) is 0 Å². The van der Waals surface area contributed by atoms with Gasteiger partial charge in [-0.25, -0.2) is 0 Å². The van der Waals surface area contributed by atoms with Crippen LogP contribution in [0.2, 0.25) is 0 Å². The molecule has 112 valence electrons. The lowest BCUT2D eigenvalue weighted by Gasteiger charge is -2.42. The number of nitrogens with zero attached hydrogens (tertiary/aromatic N) is 1. The maximum absolute atomic E-state index is 12.6. The molecule has 0 aromatic heterocycles. The monoisotopic (exact) mass is 349 g/mol. The van der Waals surface area contributed by atoms with Gasteiger partial charge in [0.1, 0.15) is 0 Å². The number of carbonyl (C=O) groups excluding carboxylic acids is 2. The third-order valence-corrected chi connectivity index (χ3v) is 5.80. The van der Waals surface area contributed by atoms with Crippen molar-refractivity contribution in [2.75, 3.05) is 4.90 Å². The van der Waals surface area contributed by atoms with Crippen molar-refractivity contribution in [2.45, 2.75) is 51.9 Å². The summed E-state index contributed by atoms with van der Waals surface area (Å²) in [5.41, 5.74) is 1.62. The van der Waals surface area contributed by atoms with E-state index in [4.69, 9.17) is 0 Å². The molecule has 1 spiro atoms. The van der Waals surface area contributed by atoms with Crippen molar-refractivity contribution in [1.29, 1.82) is 0 Å². The van der Waals surface area contributed by atoms with E-state index in [1.54, 1.807) is 0 Å². The highest BCUT2D eigenvalue weighted by atomic mass is 79.9. The third-order valence-electron chi connectivity index (χ3n) is 4.95. The van der Waals surface area contributed by atoms with Gasteiger partial charge in [-0.2, -0.15) is 0 Å². The lowest BCUT2D eigenvalue weighted by atomic mass is 9.67. The molecule has 1 heterocycles. The molecule has 0 atom stereocenters. The summed E-state index contributed by atoms with van der Waals surface area (Å²) in [7, 11) is 0. The molecule has 1 aliphatic carbocycles. The highest BCUT2D eigenvalue weighted by Crippen LogP contribution is 2.46. The minimum Gasteiger partial charge on any atom is -0.274 e. The van der Waals surface area contributed by atoms with Crippen molar-refractivity contribution in [2.24, 2.45) is 5.41 Å². The van der Waals surface area contributed by atoms with Gasteiger partial charge in [0.25, 0.3) is 0 Å². The number of amides is 2. The van der Waals surface area contributed by atoms with E-state index in [0.29, 0.717) is 12.8 Å². The topological polar surface area (TPSA) is 37.4 Å². The van der Waals surface area contributed by atoms with E-state index in [1.165, 1.54) is 11.3 Å². The van der Waals surface area contributed by atoms with Crippen LogP contribution in [0.1, 0.15) is 50.5 Å². The first kappa shape index (κ1) is 14.8. The van der Waals surface area contributed by atoms with Crippen LogP contribution in [0.25, 0.3) is 0 Å². The standard InChI is InChI=1S/C17H20BrNO2/c1-12-13(18)6-5-7-14(12)19-15(20)10-17(11-16(19)21)8-3-2-4-9-17/h5-7H,2-4,8-11H2,1H3. The average molecular weight is 350 g/mol. The smallest absolute Gasteiger partial charge is 0.234 e. The summed E-state index contributed by atoms with van der Waals surface area (Å²) < 4.78 is 0.929. The number of hydrogen-bond donors (Lipinski definition) is 0. The number of anilines is 1. The molecule has 3 rings (SSSR count). The quantitative estimate of drug-likeness (QED) is 0.706. The SMILES string of the molecule is Cc1c(Br)cccc1N1C(=O)CC2(CCCCC2)CC1=O. The van der Waals surface area contributed by atoms with Crippen LogP contribution < -0.4 is 4.90 Å². The first-order chi connectivity index (χ1) is 10.0. The molecule has 1 saturated carbocycles. The number of benzene rings is 1. The molecule has 2 aliphatic rings. The zero-order valence-electron chi connectivity index (χ0n) is 12.3. The van der Waals surface area contributed by atoms with Crippen LogP contribution >= 0.6 is 15.9 Å². The molecular formula is C17H20BrNO2. The van der Waals surface area contributed by atoms with Crippen LogP contribution in [0, 0.1) is 12.3 Å². The second-order valence-electron chi connectivity index (χ2n) is 6.42. The third kappa shape index (κ3) is 2.66. The Kier molecular flexibility index (Phi) is 3.91. The van der Waals surface area contributed by atoms with Gasteiger partial charge in [-0.1, -0.05) is 41.3 Å². The van der Waals surface area contributed by atoms with Crippen molar-refractivity contribution in [3.63, 3.8) is 0 Å². The molecule has 0 N–H and O–H groups in total. The Morgan fingerprint density at radius 2 is 1.67 bits per heavy atom. The van der Waals surface area contributed by atoms with Crippen molar-refractivity contribution in [3.05, 3.63) is 28.2 Å². The Hall–Kier alpha value is -1.16. The number of piperidine rings is 1. The first-order valence-electron chi connectivity index (χ1n) is 7.63. The molecule has 21 heavy (non-hydrogen) atoms. The number of hydrogen-bond acceptors (Lipinski definition) is 2. The largest absolute Gasteiger partial charge is 0.274 e. The van der Waals surface area contributed by atoms with Gasteiger partial charge in [0.05, 0.1) is 5.69 Å². The van der Waals surface area contributed by atoms with E-state index < -0.39 is 0 Å². The molecule has 1 saturated heterocycles. The summed E-state index contributed by atoms with van der Waals surface area (Å²) in [6.07, 6.45) is 6.62. The fourth-order valence-corrected chi connectivity index (χ4v) is 4.12. The summed E-state index contributed by atoms with van der Waals surface area (Å²) in [4.78, 5) is 26.7. The summed E-state index contributed by atoms with van der Waals surface area (Å²) in [5.74, 6) is -0.0660. The molecule has 1 aliphatic heterocycles. The van der Waals surface area contributed by atoms with Crippen LogP contribution in [0.4, 0.5) is 5.69 Å². The van der Waals surface area contributed by atoms with Gasteiger partial charge < -0.3 is 0 Å². The van der Waals surface area contributed by atoms with E-state index >= 15 is 0 Å². The lowest BCUT2D eigenvalue weighted by Crippen LogP contribution is -2.49. The summed E-state index contributed by atoms with van der Waals surface area (Å²) in [6.45, 7) is 1.94. The molecule has 2 amide bonds. The van der Waals surface area contributed by atoms with E-state index in [-0.39, 0.29) is 17.2 Å². The van der Waals surface area contributed by atoms with Gasteiger partial charge in [0.2, 0.25) is 11.8 Å². The predicted octanol–water partition coefficient (Wildman–Crippen LogP) is 4.36. The van der Waals surface area contributed by atoms with Crippen LogP contribution in [-0.4, -0.2) is 11.8 Å². The maximum Gasteiger partial charge on any atom is 0.234 e. The minimum absolute atomic E-state index is 0.0330. The number of carbonyl (C=O) groups is 2. The fourth-order valence-electron chi connectivity index (χ4n) is 3.76.